The molecule has 2 aliphatic rings. The summed E-state index contributed by atoms with van der Waals surface area (Å²) in [6.45, 7) is 10.2. The lowest BCUT2D eigenvalue weighted by Crippen LogP contribution is -2.43. The molecule has 2 unspecified atom stereocenters. The van der Waals surface area contributed by atoms with Crippen LogP contribution in [0, 0.1) is 18.7 Å². The zero-order chi connectivity index (χ0) is 33.9. The zero-order valence-corrected chi connectivity index (χ0v) is 29.2. The number of halogens is 2. The molecule has 1 amide bonds. The molecule has 2 fully saturated rings. The normalized spacial score (nSPS) is 18.5. The number of methoxy groups -OCH3 is 1. The van der Waals surface area contributed by atoms with Crippen LogP contribution < -0.4 is 10.1 Å². The van der Waals surface area contributed by atoms with Gasteiger partial charge in [0.1, 0.15) is 11.6 Å². The molecular weight excluding hydrogens is 613 g/mol. The van der Waals surface area contributed by atoms with Gasteiger partial charge in [-0.1, -0.05) is 61.8 Å². The van der Waals surface area contributed by atoms with Gasteiger partial charge in [0.05, 0.1) is 17.6 Å². The summed E-state index contributed by atoms with van der Waals surface area (Å²) in [4.78, 5) is 26.0. The quantitative estimate of drug-likeness (QED) is 0.172. The van der Waals surface area contributed by atoms with Crippen LogP contribution in [0.4, 0.5) is 4.39 Å². The fraction of sp³-hybridized carbons (Fsp3) is 0.436. The van der Waals surface area contributed by atoms with Crippen molar-refractivity contribution in [2.45, 2.75) is 91.4 Å². The number of carbonyl (C=O) groups excluding carboxylic acids is 2. The number of aryl methyl sites for hydroxylation is 2. The molecule has 4 aromatic rings. The second-order valence-electron chi connectivity index (χ2n) is 12.3. The van der Waals surface area contributed by atoms with Crippen molar-refractivity contribution in [1.82, 2.24) is 14.8 Å². The van der Waals surface area contributed by atoms with Crippen LogP contribution >= 0.6 is 11.6 Å². The average molecular weight is 662 g/mol. The molecule has 6 rings (SSSR count). The number of Topliss-reactive ketones (excluding diaryl/α,β-unsaturated/α-hetero) is 1. The first-order chi connectivity index (χ1) is 22.7. The van der Waals surface area contributed by atoms with E-state index in [9.17, 15) is 14.0 Å². The summed E-state index contributed by atoms with van der Waals surface area (Å²) in [5.41, 5.74) is 4.07. The van der Waals surface area contributed by atoms with Crippen molar-refractivity contribution in [3.63, 3.8) is 0 Å². The average Bonchev–Trinajstić information content (AvgIpc) is 3.59. The first-order valence-electron chi connectivity index (χ1n) is 16.9. The molecule has 1 N–H and O–H groups in total. The Morgan fingerprint density at radius 1 is 0.979 bits per heavy atom. The van der Waals surface area contributed by atoms with Crippen LogP contribution in [-0.2, 0) is 17.9 Å². The van der Waals surface area contributed by atoms with E-state index in [4.69, 9.17) is 16.3 Å². The Morgan fingerprint density at radius 3 is 2.36 bits per heavy atom. The summed E-state index contributed by atoms with van der Waals surface area (Å²) in [6.07, 6.45) is 8.34. The van der Waals surface area contributed by atoms with E-state index >= 15 is 0 Å². The predicted octanol–water partition coefficient (Wildman–Crippen LogP) is 9.01. The second-order valence-corrected chi connectivity index (χ2v) is 12.7. The van der Waals surface area contributed by atoms with Crippen LogP contribution in [0.1, 0.15) is 80.8 Å². The van der Waals surface area contributed by atoms with Crippen LogP contribution in [0.2, 0.25) is 5.02 Å². The van der Waals surface area contributed by atoms with Crippen LogP contribution in [-0.4, -0.2) is 46.9 Å². The molecule has 2 bridgehead atoms. The number of amides is 1. The Kier molecular flexibility index (Phi) is 13.4. The van der Waals surface area contributed by atoms with Gasteiger partial charge in [0.25, 0.3) is 0 Å². The van der Waals surface area contributed by atoms with Crippen LogP contribution in [0.5, 0.6) is 5.75 Å². The van der Waals surface area contributed by atoms with Gasteiger partial charge in [-0.15, -0.1) is 0 Å². The Hall–Kier alpha value is -3.68. The molecule has 3 heterocycles. The minimum atomic E-state index is -0.481. The number of benzene rings is 3. The molecule has 1 aromatic heterocycles. The highest BCUT2D eigenvalue weighted by Gasteiger charge is 2.40. The van der Waals surface area contributed by atoms with Gasteiger partial charge < -0.3 is 14.6 Å². The van der Waals surface area contributed by atoms with Crippen molar-refractivity contribution in [1.29, 1.82) is 0 Å². The van der Waals surface area contributed by atoms with Gasteiger partial charge in [-0.05, 0) is 86.4 Å². The van der Waals surface area contributed by atoms with Crippen molar-refractivity contribution in [3.05, 3.63) is 100 Å². The topological polar surface area (TPSA) is 63.6 Å². The van der Waals surface area contributed by atoms with Gasteiger partial charge in [0.2, 0.25) is 5.91 Å². The maximum absolute atomic E-state index is 13.4. The third-order valence-electron chi connectivity index (χ3n) is 9.27. The highest BCUT2D eigenvalue weighted by atomic mass is 35.5. The first kappa shape index (κ1) is 36.2. The third kappa shape index (κ3) is 9.45. The fourth-order valence-corrected chi connectivity index (χ4v) is 7.18. The highest BCUT2D eigenvalue weighted by Crippen LogP contribution is 2.40. The number of carbonyl (C=O) groups is 2. The molecule has 3 aromatic carbocycles. The molecule has 0 radical (unpaired) electrons. The smallest absolute Gasteiger partial charge is 0.217 e. The Bertz CT molecular complexity index is 1620. The largest absolute Gasteiger partial charge is 0.495 e. The molecular formula is C39H49ClFN3O3. The second kappa shape index (κ2) is 17.5. The Balaban J connectivity index is 0.000000301. The minimum Gasteiger partial charge on any atom is -0.495 e. The molecule has 2 atom stereocenters. The summed E-state index contributed by atoms with van der Waals surface area (Å²) < 4.78 is 21.3. The number of hydrogen-bond acceptors (Lipinski definition) is 4. The Labute approximate surface area is 284 Å². The molecule has 252 valence electrons. The van der Waals surface area contributed by atoms with Crippen molar-refractivity contribution in [2.75, 3.05) is 13.7 Å². The minimum absolute atomic E-state index is 0.0123. The van der Waals surface area contributed by atoms with Crippen molar-refractivity contribution in [3.8, 4) is 5.75 Å². The standard InChI is InChI=1S/C27H30ClFN2O2.C10H13NO.C2H6/c1-33-26-5-2-4-19-10-13-30(27(19)26)11-3-12-31-21-7-8-22(31)15-18(14-21)16-25(32)20-6-9-24(29)23(28)17-20;1-8-5-3-4-6-10(8)7-11-9(2)12;1-2/h2,4-6,9-10,13,17-18,21-22H,3,7-8,11-12,14-16H2,1H3;3-6H,7H2,1-2H3,(H,11,12);1-2H3. The van der Waals surface area contributed by atoms with Gasteiger partial charge in [0.15, 0.2) is 5.78 Å². The van der Waals surface area contributed by atoms with E-state index in [-0.39, 0.29) is 16.7 Å². The molecule has 2 aliphatic heterocycles. The molecule has 0 aliphatic carbocycles. The van der Waals surface area contributed by atoms with Crippen molar-refractivity contribution >= 4 is 34.2 Å². The van der Waals surface area contributed by atoms with Gasteiger partial charge in [-0.3, -0.25) is 14.5 Å². The van der Waals surface area contributed by atoms with E-state index in [1.54, 1.807) is 13.2 Å². The molecule has 8 heteroatoms. The SMILES string of the molecule is CC.CC(=O)NCc1ccccc1C.COc1cccc2ccn(CCCN3C4CCC3CC(CC(=O)c3ccc(F)c(Cl)c3)C4)c12. The number of para-hydroxylation sites is 1. The monoisotopic (exact) mass is 661 g/mol. The Morgan fingerprint density at radius 2 is 1.70 bits per heavy atom. The van der Waals surface area contributed by atoms with Gasteiger partial charge in [-0.25, -0.2) is 4.39 Å². The lowest BCUT2D eigenvalue weighted by atomic mass is 9.85. The molecule has 47 heavy (non-hydrogen) atoms. The van der Waals surface area contributed by atoms with Crippen LogP contribution in [0.3, 0.4) is 0 Å². The summed E-state index contributed by atoms with van der Waals surface area (Å²) >= 11 is 5.87. The van der Waals surface area contributed by atoms with Crippen LogP contribution in [0.25, 0.3) is 10.9 Å². The van der Waals surface area contributed by atoms with E-state index in [1.807, 2.05) is 57.2 Å². The number of nitrogens with zero attached hydrogens (tertiary/aromatic N) is 2. The third-order valence-corrected chi connectivity index (χ3v) is 9.56. The number of ketones is 1. The van der Waals surface area contributed by atoms with Crippen LogP contribution in [0.15, 0.2) is 72.9 Å². The van der Waals surface area contributed by atoms with E-state index in [1.165, 1.54) is 53.9 Å². The number of piperidine rings is 1. The van der Waals surface area contributed by atoms with Gasteiger partial charge in [0, 0.05) is 62.2 Å². The molecule has 2 saturated heterocycles. The zero-order valence-electron chi connectivity index (χ0n) is 28.4. The summed E-state index contributed by atoms with van der Waals surface area (Å²) in [6, 6.07) is 21.8. The summed E-state index contributed by atoms with van der Waals surface area (Å²) in [7, 11) is 1.73. The summed E-state index contributed by atoms with van der Waals surface area (Å²) in [5.74, 6) is 0.922. The maximum atomic E-state index is 13.4. The van der Waals surface area contributed by atoms with E-state index in [0.29, 0.717) is 36.5 Å². The number of fused-ring (bicyclic) bond motifs is 3. The molecule has 6 nitrogen and oxygen atoms in total. The lowest BCUT2D eigenvalue weighted by Gasteiger charge is -2.39. The number of aromatic nitrogens is 1. The van der Waals surface area contributed by atoms with E-state index in [2.05, 4.69) is 33.1 Å². The maximum Gasteiger partial charge on any atom is 0.217 e. The first-order valence-corrected chi connectivity index (χ1v) is 17.3. The molecule has 0 spiro atoms. The number of rotatable bonds is 10. The number of ether oxygens (including phenoxy) is 1. The molecule has 0 saturated carbocycles. The van der Waals surface area contributed by atoms with E-state index in [0.717, 1.165) is 38.1 Å². The van der Waals surface area contributed by atoms with Gasteiger partial charge >= 0.3 is 0 Å². The van der Waals surface area contributed by atoms with Crippen molar-refractivity contribution < 1.29 is 18.7 Å². The highest BCUT2D eigenvalue weighted by molar-refractivity contribution is 6.31. The van der Waals surface area contributed by atoms with Gasteiger partial charge in [-0.2, -0.15) is 0 Å². The lowest BCUT2D eigenvalue weighted by molar-refractivity contribution is -0.119. The van der Waals surface area contributed by atoms with E-state index < -0.39 is 5.82 Å². The number of nitrogens with one attached hydrogen (secondary N) is 1. The number of hydrogen-bond donors (Lipinski definition) is 1. The fourth-order valence-electron chi connectivity index (χ4n) is 7.00. The predicted molar refractivity (Wildman–Crippen MR) is 190 cm³/mol. The summed E-state index contributed by atoms with van der Waals surface area (Å²) in [5, 5.41) is 3.99. The van der Waals surface area contributed by atoms with Crippen molar-refractivity contribution in [2.24, 2.45) is 5.92 Å².